The van der Waals surface area contributed by atoms with Crippen molar-refractivity contribution in [3.8, 4) is 0 Å². The van der Waals surface area contributed by atoms with Crippen LogP contribution in [0.2, 0.25) is 0 Å². The summed E-state index contributed by atoms with van der Waals surface area (Å²) in [5, 5.41) is 0. The van der Waals surface area contributed by atoms with Crippen molar-refractivity contribution in [2.75, 3.05) is 0 Å². The molecule has 2 aromatic rings. The Labute approximate surface area is 168 Å². The average molecular weight is 396 g/mol. The zero-order chi connectivity index (χ0) is 21.0. The van der Waals surface area contributed by atoms with Gasteiger partial charge in [0.15, 0.2) is 0 Å². The SMILES string of the molecule is CC(C)c1cc(F)cc(F)c1C1(C)C=CC=CN1/C=C/OC(=O)c1ccccn1. The predicted molar refractivity (Wildman–Crippen MR) is 107 cm³/mol. The van der Waals surface area contributed by atoms with Gasteiger partial charge >= 0.3 is 5.97 Å². The highest BCUT2D eigenvalue weighted by atomic mass is 19.1. The molecule has 150 valence electrons. The lowest BCUT2D eigenvalue weighted by Crippen LogP contribution is -2.38. The van der Waals surface area contributed by atoms with Gasteiger partial charge in [-0.1, -0.05) is 32.1 Å². The normalized spacial score (nSPS) is 18.6. The number of aromatic nitrogens is 1. The first-order valence-electron chi connectivity index (χ1n) is 9.25. The molecule has 0 spiro atoms. The van der Waals surface area contributed by atoms with Crippen molar-refractivity contribution in [3.05, 3.63) is 102 Å². The largest absolute Gasteiger partial charge is 0.428 e. The Balaban J connectivity index is 1.91. The maximum Gasteiger partial charge on any atom is 0.361 e. The number of hydrogen-bond donors (Lipinski definition) is 0. The summed E-state index contributed by atoms with van der Waals surface area (Å²) in [6.45, 7) is 5.59. The molecule has 0 amide bonds. The van der Waals surface area contributed by atoms with E-state index in [0.717, 1.165) is 6.07 Å². The summed E-state index contributed by atoms with van der Waals surface area (Å²) in [4.78, 5) is 17.7. The molecule has 1 aromatic heterocycles. The van der Waals surface area contributed by atoms with Gasteiger partial charge in [-0.15, -0.1) is 0 Å². The number of halogens is 2. The van der Waals surface area contributed by atoms with Gasteiger partial charge in [-0.05, 0) is 42.7 Å². The van der Waals surface area contributed by atoms with Gasteiger partial charge in [0.1, 0.15) is 23.6 Å². The van der Waals surface area contributed by atoms with Crippen LogP contribution in [0.15, 0.2) is 73.4 Å². The highest BCUT2D eigenvalue weighted by molar-refractivity contribution is 5.87. The van der Waals surface area contributed by atoms with E-state index in [2.05, 4.69) is 4.98 Å². The monoisotopic (exact) mass is 396 g/mol. The minimum atomic E-state index is -0.931. The first-order valence-corrected chi connectivity index (χ1v) is 9.25. The van der Waals surface area contributed by atoms with E-state index in [-0.39, 0.29) is 11.6 Å². The van der Waals surface area contributed by atoms with Crippen LogP contribution < -0.4 is 0 Å². The summed E-state index contributed by atoms with van der Waals surface area (Å²) in [7, 11) is 0. The standard InChI is InChI=1S/C23H22F2N2O2/c1-16(2)18-14-17(24)15-19(25)21(18)23(3)9-5-7-11-27(23)12-13-29-22(28)20-8-4-6-10-26-20/h4-16H,1-3H3/b13-12+. The minimum Gasteiger partial charge on any atom is -0.428 e. The molecule has 2 heterocycles. The average Bonchev–Trinajstić information content (AvgIpc) is 2.69. The summed E-state index contributed by atoms with van der Waals surface area (Å²) < 4.78 is 33.9. The van der Waals surface area contributed by atoms with Gasteiger partial charge in [0.05, 0.1) is 5.54 Å². The van der Waals surface area contributed by atoms with Crippen molar-refractivity contribution in [2.45, 2.75) is 32.2 Å². The third-order valence-electron chi connectivity index (χ3n) is 4.80. The van der Waals surface area contributed by atoms with E-state index < -0.39 is 23.1 Å². The number of benzene rings is 1. The molecule has 0 saturated carbocycles. The fourth-order valence-electron chi connectivity index (χ4n) is 3.33. The van der Waals surface area contributed by atoms with Gasteiger partial charge in [0.2, 0.25) is 0 Å². The molecule has 1 aliphatic heterocycles. The number of hydrogen-bond acceptors (Lipinski definition) is 4. The van der Waals surface area contributed by atoms with E-state index in [9.17, 15) is 13.6 Å². The number of nitrogens with zero attached hydrogens (tertiary/aromatic N) is 2. The summed E-state index contributed by atoms with van der Waals surface area (Å²) in [6, 6.07) is 7.19. The van der Waals surface area contributed by atoms with Crippen molar-refractivity contribution in [3.63, 3.8) is 0 Å². The molecule has 6 heteroatoms. The van der Waals surface area contributed by atoms with Crippen LogP contribution in [0.25, 0.3) is 0 Å². The smallest absolute Gasteiger partial charge is 0.361 e. The summed E-state index contributed by atoms with van der Waals surface area (Å²) >= 11 is 0. The Hall–Kier alpha value is -3.28. The second-order valence-corrected chi connectivity index (χ2v) is 7.17. The predicted octanol–water partition coefficient (Wildman–Crippen LogP) is 5.41. The number of carbonyl (C=O) groups excluding carboxylic acids is 1. The van der Waals surface area contributed by atoms with Gasteiger partial charge in [0, 0.05) is 30.2 Å². The number of ether oxygens (including phenoxy) is 1. The highest BCUT2D eigenvalue weighted by Crippen LogP contribution is 2.39. The van der Waals surface area contributed by atoms with Gasteiger partial charge in [0.25, 0.3) is 0 Å². The number of rotatable bonds is 5. The highest BCUT2D eigenvalue weighted by Gasteiger charge is 2.35. The first-order chi connectivity index (χ1) is 13.8. The molecular formula is C23H22F2N2O2. The molecule has 1 unspecified atom stereocenters. The Morgan fingerprint density at radius 2 is 2.03 bits per heavy atom. The summed E-state index contributed by atoms with van der Waals surface area (Å²) in [5.41, 5.74) is 0.199. The zero-order valence-corrected chi connectivity index (χ0v) is 16.5. The van der Waals surface area contributed by atoms with Crippen LogP contribution >= 0.6 is 0 Å². The fourth-order valence-corrected chi connectivity index (χ4v) is 3.33. The molecule has 1 atom stereocenters. The van der Waals surface area contributed by atoms with Crippen molar-refractivity contribution in [1.82, 2.24) is 9.88 Å². The van der Waals surface area contributed by atoms with Crippen molar-refractivity contribution >= 4 is 5.97 Å². The Kier molecular flexibility index (Phi) is 5.92. The van der Waals surface area contributed by atoms with Crippen LogP contribution in [0, 0.1) is 11.6 Å². The van der Waals surface area contributed by atoms with Crippen LogP contribution in [0.5, 0.6) is 0 Å². The topological polar surface area (TPSA) is 42.4 Å². The molecule has 0 fully saturated rings. The van der Waals surface area contributed by atoms with E-state index >= 15 is 0 Å². The quantitative estimate of drug-likeness (QED) is 0.500. The number of pyridine rings is 1. The van der Waals surface area contributed by atoms with Crippen molar-refractivity contribution in [1.29, 1.82) is 0 Å². The van der Waals surface area contributed by atoms with Crippen LogP contribution in [-0.2, 0) is 10.3 Å². The van der Waals surface area contributed by atoms with Crippen molar-refractivity contribution in [2.24, 2.45) is 0 Å². The van der Waals surface area contributed by atoms with E-state index in [1.54, 1.807) is 41.5 Å². The third kappa shape index (κ3) is 4.26. The molecule has 1 aromatic carbocycles. The van der Waals surface area contributed by atoms with Crippen molar-refractivity contribution < 1.29 is 18.3 Å². The van der Waals surface area contributed by atoms with E-state index in [4.69, 9.17) is 4.74 Å². The fraction of sp³-hybridized carbons (Fsp3) is 0.217. The van der Waals surface area contributed by atoms with Crippen LogP contribution in [-0.4, -0.2) is 15.9 Å². The maximum atomic E-state index is 14.9. The van der Waals surface area contributed by atoms with Crippen LogP contribution in [0.4, 0.5) is 8.78 Å². The Morgan fingerprint density at radius 3 is 2.72 bits per heavy atom. The summed E-state index contributed by atoms with van der Waals surface area (Å²) in [6.07, 6.45) is 11.4. The van der Waals surface area contributed by atoms with E-state index in [1.165, 1.54) is 24.7 Å². The second kappa shape index (κ2) is 8.39. The Bertz CT molecular complexity index is 984. The van der Waals surface area contributed by atoms with Crippen LogP contribution in [0.1, 0.15) is 48.3 Å². The van der Waals surface area contributed by atoms with Crippen LogP contribution in [0.3, 0.4) is 0 Å². The lowest BCUT2D eigenvalue weighted by atomic mass is 9.81. The molecule has 0 radical (unpaired) electrons. The molecule has 0 saturated heterocycles. The molecule has 1 aliphatic rings. The molecule has 3 rings (SSSR count). The zero-order valence-electron chi connectivity index (χ0n) is 16.5. The molecule has 0 aliphatic carbocycles. The van der Waals surface area contributed by atoms with E-state index in [1.807, 2.05) is 26.8 Å². The van der Waals surface area contributed by atoms with Gasteiger partial charge in [-0.25, -0.2) is 18.6 Å². The minimum absolute atomic E-state index is 0.0841. The molecule has 29 heavy (non-hydrogen) atoms. The number of allylic oxidation sites excluding steroid dienone is 2. The lowest BCUT2D eigenvalue weighted by Gasteiger charge is -2.40. The maximum absolute atomic E-state index is 14.9. The lowest BCUT2D eigenvalue weighted by molar-refractivity contribution is 0.0650. The summed E-state index contributed by atoms with van der Waals surface area (Å²) in [5.74, 6) is -1.92. The third-order valence-corrected chi connectivity index (χ3v) is 4.80. The van der Waals surface area contributed by atoms with Gasteiger partial charge in [-0.2, -0.15) is 0 Å². The first kappa shape index (κ1) is 20.5. The molecular weight excluding hydrogens is 374 g/mol. The molecule has 0 bridgehead atoms. The van der Waals surface area contributed by atoms with Gasteiger partial charge in [-0.3, -0.25) is 0 Å². The second-order valence-electron chi connectivity index (χ2n) is 7.17. The van der Waals surface area contributed by atoms with E-state index in [0.29, 0.717) is 11.1 Å². The Morgan fingerprint density at radius 1 is 1.24 bits per heavy atom. The van der Waals surface area contributed by atoms with Gasteiger partial charge < -0.3 is 9.64 Å². The number of carbonyl (C=O) groups is 1. The molecule has 4 nitrogen and oxygen atoms in total. The number of esters is 1. The molecule has 0 N–H and O–H groups in total.